The van der Waals surface area contributed by atoms with Crippen LogP contribution in [0.5, 0.6) is 5.75 Å². The van der Waals surface area contributed by atoms with Crippen LogP contribution < -0.4 is 4.74 Å². The first kappa shape index (κ1) is 23.5. The molecule has 0 amide bonds. The van der Waals surface area contributed by atoms with Crippen LogP contribution in [0.25, 0.3) is 10.9 Å². The minimum Gasteiger partial charge on any atom is -0.489 e. The molecule has 8 heteroatoms. The van der Waals surface area contributed by atoms with Gasteiger partial charge < -0.3 is 4.74 Å². The summed E-state index contributed by atoms with van der Waals surface area (Å²) in [5.41, 5.74) is 1.61. The zero-order valence-electron chi connectivity index (χ0n) is 19.4. The average molecular weight is 500 g/mol. The van der Waals surface area contributed by atoms with Crippen LogP contribution in [0.4, 0.5) is 0 Å². The second-order valence-electron chi connectivity index (χ2n) is 9.41. The highest BCUT2D eigenvalue weighted by atomic mass is 35.5. The van der Waals surface area contributed by atoms with Gasteiger partial charge in [0.2, 0.25) is 10.0 Å². The Labute approximate surface area is 206 Å². The molecule has 1 aromatic heterocycles. The monoisotopic (exact) mass is 499 g/mol. The molecule has 180 valence electrons. The van der Waals surface area contributed by atoms with Gasteiger partial charge in [-0.2, -0.15) is 0 Å². The third-order valence-electron chi connectivity index (χ3n) is 6.92. The molecular weight excluding hydrogens is 470 g/mol. The summed E-state index contributed by atoms with van der Waals surface area (Å²) in [6.45, 7) is 3.55. The standard InChI is InChI=1S/C26H30ClN3O3S/c1-29(34(31,32)24-11-5-7-20-9-6-12-28-26(20)24)17-19-15-22(16-19)33-23-10-4-8-21(25(23)27)18-30-13-2-3-14-30/h4-12,19,22H,2-3,13-18H2,1H3. The van der Waals surface area contributed by atoms with Crippen LogP contribution in [0.2, 0.25) is 5.02 Å². The lowest BCUT2D eigenvalue weighted by Crippen LogP contribution is -2.42. The van der Waals surface area contributed by atoms with Crippen molar-refractivity contribution >= 4 is 32.5 Å². The van der Waals surface area contributed by atoms with Gasteiger partial charge in [-0.15, -0.1) is 0 Å². The number of nitrogens with zero attached hydrogens (tertiary/aromatic N) is 3. The third-order valence-corrected chi connectivity index (χ3v) is 9.21. The molecule has 0 unspecified atom stereocenters. The fourth-order valence-electron chi connectivity index (χ4n) is 4.96. The minimum absolute atomic E-state index is 0.0554. The normalized spacial score (nSPS) is 21.1. The number of rotatable bonds is 8. The highest BCUT2D eigenvalue weighted by Gasteiger charge is 2.35. The van der Waals surface area contributed by atoms with Gasteiger partial charge in [-0.3, -0.25) is 9.88 Å². The minimum atomic E-state index is -3.63. The number of hydrogen-bond donors (Lipinski definition) is 0. The van der Waals surface area contributed by atoms with Gasteiger partial charge in [0.25, 0.3) is 0 Å². The predicted octanol–water partition coefficient (Wildman–Crippen LogP) is 4.96. The Morgan fingerprint density at radius 2 is 1.82 bits per heavy atom. The van der Waals surface area contributed by atoms with Gasteiger partial charge in [0.1, 0.15) is 10.6 Å². The number of hydrogen-bond acceptors (Lipinski definition) is 5. The molecule has 3 aromatic rings. The van der Waals surface area contributed by atoms with Gasteiger partial charge in [-0.05, 0) is 68.5 Å². The second kappa shape index (κ2) is 9.82. The van der Waals surface area contributed by atoms with Crippen LogP contribution in [0, 0.1) is 5.92 Å². The molecule has 1 aliphatic heterocycles. The van der Waals surface area contributed by atoms with E-state index in [1.54, 1.807) is 25.4 Å². The summed E-state index contributed by atoms with van der Waals surface area (Å²) in [6.07, 6.45) is 5.79. The number of benzene rings is 2. The van der Waals surface area contributed by atoms with Gasteiger partial charge in [0, 0.05) is 31.7 Å². The van der Waals surface area contributed by atoms with E-state index in [0.29, 0.717) is 17.1 Å². The summed E-state index contributed by atoms with van der Waals surface area (Å²) in [4.78, 5) is 6.98. The van der Waals surface area contributed by atoms with E-state index in [1.807, 2.05) is 30.3 Å². The van der Waals surface area contributed by atoms with Crippen LogP contribution in [0.3, 0.4) is 0 Å². The number of halogens is 1. The number of likely N-dealkylation sites (tertiary alicyclic amines) is 1. The third kappa shape index (κ3) is 4.80. The van der Waals surface area contributed by atoms with E-state index < -0.39 is 10.0 Å². The fraction of sp³-hybridized carbons (Fsp3) is 0.423. The number of para-hydroxylation sites is 1. The Balaban J connectivity index is 1.19. The number of aromatic nitrogens is 1. The van der Waals surface area contributed by atoms with Crippen molar-refractivity contribution in [2.45, 2.75) is 43.2 Å². The predicted molar refractivity (Wildman–Crippen MR) is 135 cm³/mol. The maximum Gasteiger partial charge on any atom is 0.244 e. The molecule has 2 heterocycles. The first-order valence-electron chi connectivity index (χ1n) is 11.9. The van der Waals surface area contributed by atoms with Crippen LogP contribution in [0.15, 0.2) is 59.6 Å². The Morgan fingerprint density at radius 3 is 2.62 bits per heavy atom. The SMILES string of the molecule is CN(CC1CC(Oc2cccc(CN3CCCC3)c2Cl)C1)S(=O)(=O)c1cccc2cccnc12. The number of sulfonamides is 1. The lowest BCUT2D eigenvalue weighted by molar-refractivity contribution is 0.0575. The fourth-order valence-corrected chi connectivity index (χ4v) is 6.60. The lowest BCUT2D eigenvalue weighted by atomic mass is 9.82. The summed E-state index contributed by atoms with van der Waals surface area (Å²) in [5.74, 6) is 0.976. The molecule has 1 aliphatic carbocycles. The summed E-state index contributed by atoms with van der Waals surface area (Å²) >= 11 is 6.66. The Hall–Kier alpha value is -2.19. The van der Waals surface area contributed by atoms with Gasteiger partial charge in [-0.25, -0.2) is 12.7 Å². The number of pyridine rings is 1. The van der Waals surface area contributed by atoms with E-state index in [-0.39, 0.29) is 16.9 Å². The van der Waals surface area contributed by atoms with E-state index in [2.05, 4.69) is 16.0 Å². The van der Waals surface area contributed by atoms with Crippen LogP contribution in [-0.2, 0) is 16.6 Å². The Morgan fingerprint density at radius 1 is 1.09 bits per heavy atom. The van der Waals surface area contributed by atoms with Crippen molar-refractivity contribution in [1.82, 2.24) is 14.2 Å². The molecule has 34 heavy (non-hydrogen) atoms. The Kier molecular flexibility index (Phi) is 6.80. The maximum absolute atomic E-state index is 13.3. The molecule has 0 spiro atoms. The molecule has 6 nitrogen and oxygen atoms in total. The number of ether oxygens (including phenoxy) is 1. The molecule has 1 saturated carbocycles. The molecule has 2 aliphatic rings. The van der Waals surface area contributed by atoms with E-state index in [4.69, 9.17) is 16.3 Å². The lowest BCUT2D eigenvalue weighted by Gasteiger charge is -2.37. The zero-order valence-corrected chi connectivity index (χ0v) is 20.9. The van der Waals surface area contributed by atoms with Crippen LogP contribution in [0.1, 0.15) is 31.2 Å². The first-order valence-corrected chi connectivity index (χ1v) is 13.7. The van der Waals surface area contributed by atoms with Crippen molar-refractivity contribution in [3.63, 3.8) is 0 Å². The quantitative estimate of drug-likeness (QED) is 0.438. The Bertz CT molecular complexity index is 1270. The highest BCUT2D eigenvalue weighted by Crippen LogP contribution is 2.37. The first-order chi connectivity index (χ1) is 16.4. The molecule has 0 radical (unpaired) electrons. The second-order valence-corrected chi connectivity index (χ2v) is 11.8. The largest absolute Gasteiger partial charge is 0.489 e. The molecule has 0 bridgehead atoms. The molecule has 0 atom stereocenters. The van der Waals surface area contributed by atoms with Crippen molar-refractivity contribution in [3.8, 4) is 5.75 Å². The van der Waals surface area contributed by atoms with Crippen molar-refractivity contribution in [1.29, 1.82) is 0 Å². The maximum atomic E-state index is 13.3. The zero-order chi connectivity index (χ0) is 23.7. The summed E-state index contributed by atoms with van der Waals surface area (Å²) < 4.78 is 34.1. The topological polar surface area (TPSA) is 62.7 Å². The summed E-state index contributed by atoms with van der Waals surface area (Å²) in [5, 5.41) is 1.51. The van der Waals surface area contributed by atoms with Crippen molar-refractivity contribution in [3.05, 3.63) is 65.3 Å². The van der Waals surface area contributed by atoms with Crippen molar-refractivity contribution in [2.75, 3.05) is 26.7 Å². The molecule has 0 N–H and O–H groups in total. The molecule has 1 saturated heterocycles. The van der Waals surface area contributed by atoms with Gasteiger partial charge >= 0.3 is 0 Å². The summed E-state index contributed by atoms with van der Waals surface area (Å²) in [7, 11) is -1.99. The van der Waals surface area contributed by atoms with Crippen molar-refractivity contribution < 1.29 is 13.2 Å². The summed E-state index contributed by atoms with van der Waals surface area (Å²) in [6, 6.07) is 14.9. The average Bonchev–Trinajstić information content (AvgIpc) is 3.32. The molecular formula is C26H30ClN3O3S. The van der Waals surface area contributed by atoms with Crippen molar-refractivity contribution in [2.24, 2.45) is 5.92 Å². The van der Waals surface area contributed by atoms with E-state index >= 15 is 0 Å². The van der Waals surface area contributed by atoms with E-state index in [9.17, 15) is 8.42 Å². The van der Waals surface area contributed by atoms with Gasteiger partial charge in [0.15, 0.2) is 0 Å². The van der Waals surface area contributed by atoms with Gasteiger partial charge in [0.05, 0.1) is 16.6 Å². The van der Waals surface area contributed by atoms with E-state index in [0.717, 1.165) is 49.2 Å². The molecule has 2 fully saturated rings. The molecule has 5 rings (SSSR count). The van der Waals surface area contributed by atoms with E-state index in [1.165, 1.54) is 17.1 Å². The van der Waals surface area contributed by atoms with Gasteiger partial charge in [-0.1, -0.05) is 41.9 Å². The van der Waals surface area contributed by atoms with Crippen LogP contribution >= 0.6 is 11.6 Å². The number of fused-ring (bicyclic) bond motifs is 1. The highest BCUT2D eigenvalue weighted by molar-refractivity contribution is 7.89. The molecule has 2 aromatic carbocycles. The van der Waals surface area contributed by atoms with Crippen LogP contribution in [-0.4, -0.2) is 55.4 Å². The smallest absolute Gasteiger partial charge is 0.244 e.